The SMILES string of the molecule is Cc1cc(OCCN2CCN(C(=N)N)CC2)cc(OS(=O)(=O)c2ccccc2Cl)c1. The maximum absolute atomic E-state index is 12.6. The van der Waals surface area contributed by atoms with Gasteiger partial charge in [0.05, 0.1) is 5.02 Å². The summed E-state index contributed by atoms with van der Waals surface area (Å²) in [6.45, 7) is 6.05. The maximum Gasteiger partial charge on any atom is 0.340 e. The Morgan fingerprint density at radius 3 is 2.47 bits per heavy atom. The molecule has 162 valence electrons. The summed E-state index contributed by atoms with van der Waals surface area (Å²) in [6.07, 6.45) is 0. The molecular formula is C20H25ClN4O4S. The highest BCUT2D eigenvalue weighted by Crippen LogP contribution is 2.28. The number of halogens is 1. The number of ether oxygens (including phenoxy) is 1. The van der Waals surface area contributed by atoms with Crippen molar-refractivity contribution in [2.45, 2.75) is 11.8 Å². The molecule has 1 aliphatic heterocycles. The van der Waals surface area contributed by atoms with Gasteiger partial charge in [-0.25, -0.2) is 0 Å². The van der Waals surface area contributed by atoms with E-state index < -0.39 is 10.1 Å². The number of piperazine rings is 1. The molecule has 8 nitrogen and oxygen atoms in total. The molecule has 0 unspecified atom stereocenters. The number of rotatable bonds is 7. The predicted octanol–water partition coefficient (Wildman–Crippen LogP) is 2.31. The van der Waals surface area contributed by atoms with E-state index >= 15 is 0 Å². The highest BCUT2D eigenvalue weighted by atomic mass is 35.5. The lowest BCUT2D eigenvalue weighted by Crippen LogP contribution is -2.51. The molecule has 0 aliphatic carbocycles. The van der Waals surface area contributed by atoms with Crippen LogP contribution in [-0.4, -0.2) is 63.5 Å². The lowest BCUT2D eigenvalue weighted by molar-refractivity contribution is 0.153. The Morgan fingerprint density at radius 1 is 1.13 bits per heavy atom. The third-order valence-electron chi connectivity index (χ3n) is 4.73. The highest BCUT2D eigenvalue weighted by Gasteiger charge is 2.21. The van der Waals surface area contributed by atoms with Crippen molar-refractivity contribution < 1.29 is 17.3 Å². The molecule has 3 rings (SSSR count). The Labute approximate surface area is 181 Å². The molecule has 10 heteroatoms. The van der Waals surface area contributed by atoms with Crippen LogP contribution in [0.3, 0.4) is 0 Å². The van der Waals surface area contributed by atoms with Gasteiger partial charge in [-0.2, -0.15) is 8.42 Å². The van der Waals surface area contributed by atoms with Crippen LogP contribution in [0.25, 0.3) is 0 Å². The van der Waals surface area contributed by atoms with Crippen molar-refractivity contribution in [3.05, 3.63) is 53.1 Å². The molecule has 0 bridgehead atoms. The molecule has 3 N–H and O–H groups in total. The van der Waals surface area contributed by atoms with Crippen LogP contribution in [0.5, 0.6) is 11.5 Å². The van der Waals surface area contributed by atoms with Crippen molar-refractivity contribution in [3.8, 4) is 11.5 Å². The minimum Gasteiger partial charge on any atom is -0.492 e. The molecule has 0 saturated carbocycles. The topological polar surface area (TPSA) is 109 Å². The predicted molar refractivity (Wildman–Crippen MR) is 116 cm³/mol. The molecule has 1 saturated heterocycles. The lowest BCUT2D eigenvalue weighted by Gasteiger charge is -2.34. The van der Waals surface area contributed by atoms with Crippen LogP contribution < -0.4 is 14.7 Å². The van der Waals surface area contributed by atoms with E-state index in [2.05, 4.69) is 4.90 Å². The monoisotopic (exact) mass is 452 g/mol. The molecule has 0 spiro atoms. The molecule has 1 heterocycles. The van der Waals surface area contributed by atoms with Crippen LogP contribution in [0.1, 0.15) is 5.56 Å². The fourth-order valence-corrected chi connectivity index (χ4v) is 4.58. The van der Waals surface area contributed by atoms with Gasteiger partial charge in [0.15, 0.2) is 5.96 Å². The normalized spacial score (nSPS) is 15.1. The molecule has 30 heavy (non-hydrogen) atoms. The van der Waals surface area contributed by atoms with Gasteiger partial charge in [-0.15, -0.1) is 0 Å². The van der Waals surface area contributed by atoms with Crippen molar-refractivity contribution in [2.24, 2.45) is 5.73 Å². The van der Waals surface area contributed by atoms with Gasteiger partial charge in [0.25, 0.3) is 0 Å². The smallest absolute Gasteiger partial charge is 0.340 e. The number of nitrogens with one attached hydrogen (secondary N) is 1. The zero-order valence-corrected chi connectivity index (χ0v) is 18.2. The average molecular weight is 453 g/mol. The molecule has 0 amide bonds. The number of nitrogens with two attached hydrogens (primary N) is 1. The minimum absolute atomic E-state index is 0.0830. The second-order valence-corrected chi connectivity index (χ2v) is 8.93. The number of nitrogens with zero attached hydrogens (tertiary/aromatic N) is 2. The van der Waals surface area contributed by atoms with E-state index in [1.54, 1.807) is 24.3 Å². The van der Waals surface area contributed by atoms with Crippen molar-refractivity contribution >= 4 is 27.7 Å². The first-order valence-corrected chi connectivity index (χ1v) is 11.3. The van der Waals surface area contributed by atoms with Gasteiger partial charge in [0.2, 0.25) is 0 Å². The number of aryl methyl sites for hydroxylation is 1. The molecular weight excluding hydrogens is 428 g/mol. The van der Waals surface area contributed by atoms with E-state index in [0.29, 0.717) is 18.9 Å². The van der Waals surface area contributed by atoms with Crippen molar-refractivity contribution in [3.63, 3.8) is 0 Å². The van der Waals surface area contributed by atoms with Gasteiger partial charge in [0.1, 0.15) is 23.0 Å². The van der Waals surface area contributed by atoms with Crippen molar-refractivity contribution in [1.29, 1.82) is 5.41 Å². The van der Waals surface area contributed by atoms with Crippen LogP contribution >= 0.6 is 11.6 Å². The van der Waals surface area contributed by atoms with Gasteiger partial charge in [-0.05, 0) is 36.8 Å². The van der Waals surface area contributed by atoms with Crippen molar-refractivity contribution in [2.75, 3.05) is 39.3 Å². The van der Waals surface area contributed by atoms with Crippen LogP contribution in [0.4, 0.5) is 0 Å². The first-order chi connectivity index (χ1) is 14.2. The molecule has 2 aromatic carbocycles. The Bertz CT molecular complexity index is 1010. The summed E-state index contributed by atoms with van der Waals surface area (Å²) in [6, 6.07) is 11.1. The van der Waals surface area contributed by atoms with Crippen LogP contribution in [-0.2, 0) is 10.1 Å². The lowest BCUT2D eigenvalue weighted by atomic mass is 10.2. The molecule has 1 fully saturated rings. The number of hydrogen-bond acceptors (Lipinski definition) is 6. The second kappa shape index (κ2) is 9.55. The van der Waals surface area contributed by atoms with E-state index in [0.717, 1.165) is 31.7 Å². The molecule has 0 atom stereocenters. The number of guanidine groups is 1. The summed E-state index contributed by atoms with van der Waals surface area (Å²) in [5.41, 5.74) is 6.32. The zero-order valence-electron chi connectivity index (χ0n) is 16.7. The first kappa shape index (κ1) is 22.2. The standard InChI is InChI=1S/C20H25ClN4O4S/c1-15-12-16(28-11-10-24-6-8-25(9-7-24)20(22)23)14-17(13-15)29-30(26,27)19-5-3-2-4-18(19)21/h2-5,12-14H,6-11H2,1H3,(H3,22,23). The summed E-state index contributed by atoms with van der Waals surface area (Å²) in [4.78, 5) is 3.98. The number of hydrogen-bond donors (Lipinski definition) is 2. The Kier molecular flexibility index (Phi) is 7.06. The highest BCUT2D eigenvalue weighted by molar-refractivity contribution is 7.87. The number of benzene rings is 2. The van der Waals surface area contributed by atoms with E-state index in [1.165, 1.54) is 12.1 Å². The Balaban J connectivity index is 1.59. The minimum atomic E-state index is -4.06. The maximum atomic E-state index is 12.6. The summed E-state index contributed by atoms with van der Waals surface area (Å²) in [5, 5.41) is 7.58. The Hall–Kier alpha value is -2.49. The van der Waals surface area contributed by atoms with E-state index in [4.69, 9.17) is 31.7 Å². The van der Waals surface area contributed by atoms with E-state index in [9.17, 15) is 8.42 Å². The second-order valence-electron chi connectivity index (χ2n) is 7.01. The largest absolute Gasteiger partial charge is 0.492 e. The quantitative estimate of drug-likeness (QED) is 0.377. The van der Waals surface area contributed by atoms with E-state index in [-0.39, 0.29) is 21.6 Å². The molecule has 2 aromatic rings. The van der Waals surface area contributed by atoms with Gasteiger partial charge in [-0.3, -0.25) is 10.3 Å². The average Bonchev–Trinajstić information content (AvgIpc) is 2.68. The van der Waals surface area contributed by atoms with Crippen LogP contribution in [0.2, 0.25) is 5.02 Å². The third-order valence-corrected chi connectivity index (χ3v) is 6.47. The Morgan fingerprint density at radius 2 is 1.80 bits per heavy atom. The fraction of sp³-hybridized carbons (Fsp3) is 0.350. The summed E-state index contributed by atoms with van der Waals surface area (Å²) >= 11 is 6.00. The van der Waals surface area contributed by atoms with Crippen LogP contribution in [0, 0.1) is 12.3 Å². The van der Waals surface area contributed by atoms with Crippen molar-refractivity contribution in [1.82, 2.24) is 9.80 Å². The van der Waals surface area contributed by atoms with Gasteiger partial charge in [0, 0.05) is 38.8 Å². The van der Waals surface area contributed by atoms with Gasteiger partial charge < -0.3 is 19.6 Å². The third kappa shape index (κ3) is 5.78. The zero-order chi connectivity index (χ0) is 21.7. The van der Waals surface area contributed by atoms with Crippen LogP contribution in [0.15, 0.2) is 47.4 Å². The van der Waals surface area contributed by atoms with Gasteiger partial charge >= 0.3 is 10.1 Å². The molecule has 0 radical (unpaired) electrons. The van der Waals surface area contributed by atoms with E-state index in [1.807, 2.05) is 17.9 Å². The summed E-state index contributed by atoms with van der Waals surface area (Å²) < 4.78 is 36.2. The summed E-state index contributed by atoms with van der Waals surface area (Å²) in [5.74, 6) is 0.798. The molecule has 1 aliphatic rings. The van der Waals surface area contributed by atoms with Gasteiger partial charge in [-0.1, -0.05) is 23.7 Å². The fourth-order valence-electron chi connectivity index (χ4n) is 3.17. The summed E-state index contributed by atoms with van der Waals surface area (Å²) in [7, 11) is -4.06. The first-order valence-electron chi connectivity index (χ1n) is 9.49. The molecule has 0 aromatic heterocycles.